The van der Waals surface area contributed by atoms with Crippen LogP contribution in [0.2, 0.25) is 0 Å². The molecule has 1 aliphatic carbocycles. The van der Waals surface area contributed by atoms with E-state index >= 15 is 0 Å². The number of fused-ring (bicyclic) bond motifs is 10. The van der Waals surface area contributed by atoms with Crippen molar-refractivity contribution in [1.29, 1.82) is 0 Å². The molecule has 1 aromatic heterocycles. The summed E-state index contributed by atoms with van der Waals surface area (Å²) >= 11 is 0. The summed E-state index contributed by atoms with van der Waals surface area (Å²) in [4.78, 5) is 2.40. The van der Waals surface area contributed by atoms with Crippen LogP contribution in [0.5, 0.6) is 0 Å². The van der Waals surface area contributed by atoms with Crippen molar-refractivity contribution < 1.29 is 4.42 Å². The van der Waals surface area contributed by atoms with Crippen molar-refractivity contribution in [1.82, 2.24) is 0 Å². The van der Waals surface area contributed by atoms with Gasteiger partial charge in [-0.1, -0.05) is 212 Å². The first kappa shape index (κ1) is 39.2. The molecular weight excluding hydrogens is 835 g/mol. The average molecular weight is 878 g/mol. The number of furan rings is 1. The molecular formula is C67H43NO. The van der Waals surface area contributed by atoms with Gasteiger partial charge < -0.3 is 9.32 Å². The summed E-state index contributed by atoms with van der Waals surface area (Å²) in [5, 5.41) is 9.23. The largest absolute Gasteiger partial charge is 0.455 e. The molecule has 69 heavy (non-hydrogen) atoms. The van der Waals surface area contributed by atoms with E-state index in [2.05, 4.69) is 266 Å². The van der Waals surface area contributed by atoms with Crippen molar-refractivity contribution in [2.45, 2.75) is 5.41 Å². The van der Waals surface area contributed by atoms with E-state index in [-0.39, 0.29) is 0 Å². The highest BCUT2D eigenvalue weighted by Crippen LogP contribution is 2.57. The second kappa shape index (κ2) is 15.6. The molecule has 2 nitrogen and oxygen atoms in total. The number of hydrogen-bond acceptors (Lipinski definition) is 2. The van der Waals surface area contributed by atoms with Crippen molar-refractivity contribution in [3.63, 3.8) is 0 Å². The van der Waals surface area contributed by atoms with Crippen molar-refractivity contribution in [3.05, 3.63) is 283 Å². The van der Waals surface area contributed by atoms with Crippen molar-refractivity contribution in [3.8, 4) is 33.4 Å². The van der Waals surface area contributed by atoms with Crippen LogP contribution in [0.3, 0.4) is 0 Å². The molecule has 0 aliphatic heterocycles. The summed E-state index contributed by atoms with van der Waals surface area (Å²) in [7, 11) is 0. The third-order valence-corrected chi connectivity index (χ3v) is 14.7. The fourth-order valence-corrected chi connectivity index (χ4v) is 11.6. The molecule has 0 unspecified atom stereocenters. The van der Waals surface area contributed by atoms with Gasteiger partial charge in [0.2, 0.25) is 0 Å². The van der Waals surface area contributed by atoms with Crippen LogP contribution in [0.1, 0.15) is 22.3 Å². The van der Waals surface area contributed by atoms with Gasteiger partial charge in [-0.2, -0.15) is 0 Å². The first-order valence-electron chi connectivity index (χ1n) is 23.8. The van der Waals surface area contributed by atoms with Crippen molar-refractivity contribution in [2.75, 3.05) is 4.90 Å². The minimum Gasteiger partial charge on any atom is -0.455 e. The Morgan fingerprint density at radius 1 is 0.319 bits per heavy atom. The van der Waals surface area contributed by atoms with Gasteiger partial charge in [-0.05, 0) is 131 Å². The predicted molar refractivity (Wildman–Crippen MR) is 289 cm³/mol. The minimum atomic E-state index is -0.421. The van der Waals surface area contributed by atoms with Crippen LogP contribution >= 0.6 is 0 Å². The number of anilines is 3. The molecule has 0 saturated carbocycles. The summed E-state index contributed by atoms with van der Waals surface area (Å²) in [5.41, 5.74) is 17.0. The Labute approximate surface area is 400 Å². The Hall–Kier alpha value is -8.98. The number of hydrogen-bond donors (Lipinski definition) is 0. The summed E-state index contributed by atoms with van der Waals surface area (Å²) < 4.78 is 6.94. The van der Waals surface area contributed by atoms with E-state index in [1.165, 1.54) is 71.6 Å². The summed E-state index contributed by atoms with van der Waals surface area (Å²) in [5.74, 6) is 0. The number of nitrogens with zero attached hydrogens (tertiary/aromatic N) is 1. The maximum atomic E-state index is 6.94. The predicted octanol–water partition coefficient (Wildman–Crippen LogP) is 18.2. The Morgan fingerprint density at radius 2 is 0.870 bits per heavy atom. The number of benzene rings is 12. The third-order valence-electron chi connectivity index (χ3n) is 14.7. The molecule has 0 saturated heterocycles. The molecule has 14 rings (SSSR count). The topological polar surface area (TPSA) is 16.4 Å². The van der Waals surface area contributed by atoms with E-state index in [1.807, 2.05) is 0 Å². The van der Waals surface area contributed by atoms with Crippen LogP contribution in [-0.2, 0) is 5.41 Å². The van der Waals surface area contributed by atoms with E-state index < -0.39 is 5.41 Å². The molecule has 322 valence electrons. The summed E-state index contributed by atoms with van der Waals surface area (Å²) in [6, 6.07) is 95.5. The second-order valence-electron chi connectivity index (χ2n) is 18.4. The highest BCUT2D eigenvalue weighted by Gasteiger charge is 2.46. The smallest absolute Gasteiger partial charge is 0.143 e. The zero-order chi connectivity index (χ0) is 45.5. The van der Waals surface area contributed by atoms with Crippen LogP contribution in [0, 0.1) is 0 Å². The quantitative estimate of drug-likeness (QED) is 0.159. The normalized spacial score (nSPS) is 12.8. The lowest BCUT2D eigenvalue weighted by Gasteiger charge is -2.33. The van der Waals surface area contributed by atoms with Gasteiger partial charge in [0.15, 0.2) is 0 Å². The molecule has 1 heterocycles. The highest BCUT2D eigenvalue weighted by atomic mass is 16.3. The van der Waals surface area contributed by atoms with Gasteiger partial charge in [0.25, 0.3) is 0 Å². The fourth-order valence-electron chi connectivity index (χ4n) is 11.6. The van der Waals surface area contributed by atoms with E-state index in [0.29, 0.717) is 0 Å². The second-order valence-corrected chi connectivity index (χ2v) is 18.4. The van der Waals surface area contributed by atoms with E-state index in [0.717, 1.165) is 55.3 Å². The Bertz CT molecular complexity index is 4010. The molecule has 0 radical (unpaired) electrons. The first-order chi connectivity index (χ1) is 34.2. The Balaban J connectivity index is 0.920. The van der Waals surface area contributed by atoms with Gasteiger partial charge in [0.1, 0.15) is 11.2 Å². The molecule has 2 heteroatoms. The maximum absolute atomic E-state index is 6.94. The molecule has 0 spiro atoms. The fraction of sp³-hybridized carbons (Fsp3) is 0.0149. The van der Waals surface area contributed by atoms with Gasteiger partial charge in [0, 0.05) is 22.1 Å². The average Bonchev–Trinajstić information content (AvgIpc) is 3.96. The number of rotatable bonds is 7. The lowest BCUT2D eigenvalue weighted by Crippen LogP contribution is -2.28. The molecule has 0 N–H and O–H groups in total. The van der Waals surface area contributed by atoms with Crippen LogP contribution in [0.25, 0.3) is 87.6 Å². The molecule has 13 aromatic rings. The van der Waals surface area contributed by atoms with Crippen LogP contribution in [0.15, 0.2) is 265 Å². The SMILES string of the molecule is c1ccc(C2(c3ccccc3)c3ccccc3-c3cc(-c4ccc(-c5cc6c(oc7cccc(N(c8ccc9ccccc9c8)c8ccc9ccccc9c8)c76)c6ccccc56)cc4)ccc32)cc1. The molecule has 0 fully saturated rings. The summed E-state index contributed by atoms with van der Waals surface area (Å²) in [6.07, 6.45) is 0. The minimum absolute atomic E-state index is 0.421. The molecule has 0 amide bonds. The van der Waals surface area contributed by atoms with Crippen molar-refractivity contribution >= 4 is 71.3 Å². The standard InChI is InChI=1S/C67H43NO/c1-3-20-51(21-4-1)67(52-22-5-2-6-23-52)61-27-14-13-25-56(61)59-42-50(36-39-62(59)67)46-30-32-47(33-31-46)58-43-60-65-63(28-15-29-64(65)69-66(60)57-26-12-11-24-55(57)58)68(53-37-34-44-16-7-9-18-48(44)40-53)54-38-35-45-17-8-10-19-49(45)41-54/h1-43H. The molecule has 0 atom stereocenters. The monoisotopic (exact) mass is 877 g/mol. The lowest BCUT2D eigenvalue weighted by molar-refractivity contribution is 0.672. The lowest BCUT2D eigenvalue weighted by atomic mass is 9.67. The highest BCUT2D eigenvalue weighted by molar-refractivity contribution is 6.22. The van der Waals surface area contributed by atoms with Crippen LogP contribution in [-0.4, -0.2) is 0 Å². The maximum Gasteiger partial charge on any atom is 0.143 e. The van der Waals surface area contributed by atoms with Crippen LogP contribution < -0.4 is 4.90 Å². The van der Waals surface area contributed by atoms with E-state index in [9.17, 15) is 0 Å². The zero-order valence-corrected chi connectivity index (χ0v) is 37.7. The van der Waals surface area contributed by atoms with Gasteiger partial charge in [-0.3, -0.25) is 0 Å². The van der Waals surface area contributed by atoms with Gasteiger partial charge in [0.05, 0.1) is 16.5 Å². The Morgan fingerprint density at radius 3 is 1.55 bits per heavy atom. The van der Waals surface area contributed by atoms with Gasteiger partial charge in [-0.15, -0.1) is 0 Å². The van der Waals surface area contributed by atoms with E-state index in [1.54, 1.807) is 0 Å². The van der Waals surface area contributed by atoms with E-state index in [4.69, 9.17) is 4.42 Å². The molecule has 0 bridgehead atoms. The molecule has 12 aromatic carbocycles. The molecule has 1 aliphatic rings. The Kier molecular flexibility index (Phi) is 8.84. The van der Waals surface area contributed by atoms with Gasteiger partial charge >= 0.3 is 0 Å². The zero-order valence-electron chi connectivity index (χ0n) is 37.7. The van der Waals surface area contributed by atoms with Crippen molar-refractivity contribution in [2.24, 2.45) is 0 Å². The van der Waals surface area contributed by atoms with Crippen LogP contribution in [0.4, 0.5) is 17.1 Å². The summed E-state index contributed by atoms with van der Waals surface area (Å²) in [6.45, 7) is 0. The third kappa shape index (κ3) is 6.06. The van der Waals surface area contributed by atoms with Gasteiger partial charge in [-0.25, -0.2) is 0 Å². The first-order valence-corrected chi connectivity index (χ1v) is 23.8.